The van der Waals surface area contributed by atoms with Crippen molar-refractivity contribution in [3.8, 4) is 0 Å². The molecule has 0 spiro atoms. The topological polar surface area (TPSA) is 58.1 Å². The summed E-state index contributed by atoms with van der Waals surface area (Å²) in [6.45, 7) is 5.88. The normalized spacial score (nSPS) is 15.7. The number of amides is 1. The third-order valence-electron chi connectivity index (χ3n) is 3.19. The molecule has 1 aliphatic rings. The van der Waals surface area contributed by atoms with Crippen LogP contribution in [0.5, 0.6) is 0 Å². The Kier molecular flexibility index (Phi) is 5.10. The van der Waals surface area contributed by atoms with Gasteiger partial charge in [-0.15, -0.1) is 0 Å². The molecule has 0 atom stereocenters. The Hall–Kier alpha value is -1.20. The van der Waals surface area contributed by atoms with Crippen molar-refractivity contribution >= 4 is 17.5 Å². The molecule has 1 fully saturated rings. The van der Waals surface area contributed by atoms with Crippen LogP contribution in [0.3, 0.4) is 0 Å². The number of hydrogen-bond donors (Lipinski definition) is 1. The summed E-state index contributed by atoms with van der Waals surface area (Å²) in [4.78, 5) is 22.2. The summed E-state index contributed by atoms with van der Waals surface area (Å²) in [5.41, 5.74) is 1.03. The fourth-order valence-electron chi connectivity index (χ4n) is 2.25. The van der Waals surface area contributed by atoms with Crippen LogP contribution >= 0.6 is 11.6 Å². The molecule has 1 aromatic rings. The molecule has 19 heavy (non-hydrogen) atoms. The molecule has 6 heteroatoms. The maximum absolute atomic E-state index is 11.9. The number of aryl methyl sites for hydroxylation is 1. The van der Waals surface area contributed by atoms with E-state index in [2.05, 4.69) is 20.2 Å². The van der Waals surface area contributed by atoms with Gasteiger partial charge in [0.15, 0.2) is 0 Å². The number of aromatic nitrogens is 2. The van der Waals surface area contributed by atoms with Gasteiger partial charge in [-0.3, -0.25) is 4.79 Å². The molecule has 0 saturated carbocycles. The molecule has 1 saturated heterocycles. The summed E-state index contributed by atoms with van der Waals surface area (Å²) in [6, 6.07) is 1.64. The van der Waals surface area contributed by atoms with Crippen molar-refractivity contribution < 1.29 is 4.79 Å². The van der Waals surface area contributed by atoms with Crippen LogP contribution in [0.15, 0.2) is 6.07 Å². The van der Waals surface area contributed by atoms with Gasteiger partial charge in [0.05, 0.1) is 0 Å². The van der Waals surface area contributed by atoms with Crippen LogP contribution in [-0.4, -0.2) is 47.0 Å². The quantitative estimate of drug-likeness (QED) is 0.659. The highest BCUT2D eigenvalue weighted by molar-refractivity contribution is 6.28. The van der Waals surface area contributed by atoms with E-state index in [1.807, 2.05) is 0 Å². The van der Waals surface area contributed by atoms with Crippen molar-refractivity contribution in [3.63, 3.8) is 0 Å². The minimum atomic E-state index is -0.186. The second kappa shape index (κ2) is 6.82. The SMILES string of the molecule is Cc1cc(C(=O)NCCCN2CCCC2)nc(Cl)n1. The molecule has 0 aliphatic carbocycles. The lowest BCUT2D eigenvalue weighted by atomic mass is 10.3. The third kappa shape index (κ3) is 4.44. The van der Waals surface area contributed by atoms with Crippen LogP contribution in [-0.2, 0) is 0 Å². The summed E-state index contributed by atoms with van der Waals surface area (Å²) in [5, 5.41) is 2.98. The zero-order valence-corrected chi connectivity index (χ0v) is 11.9. The molecule has 0 bridgehead atoms. The lowest BCUT2D eigenvalue weighted by Crippen LogP contribution is -2.29. The summed E-state index contributed by atoms with van der Waals surface area (Å²) in [5.74, 6) is -0.186. The fourth-order valence-corrected chi connectivity index (χ4v) is 2.47. The number of halogens is 1. The zero-order chi connectivity index (χ0) is 13.7. The molecule has 1 aromatic heterocycles. The summed E-state index contributed by atoms with van der Waals surface area (Å²) >= 11 is 5.73. The molecule has 0 aromatic carbocycles. The van der Waals surface area contributed by atoms with Gasteiger partial charge in [0.1, 0.15) is 5.69 Å². The molecule has 2 rings (SSSR count). The first-order valence-electron chi connectivity index (χ1n) is 6.67. The van der Waals surface area contributed by atoms with E-state index in [0.717, 1.165) is 13.0 Å². The first-order valence-corrected chi connectivity index (χ1v) is 7.05. The highest BCUT2D eigenvalue weighted by Gasteiger charge is 2.12. The van der Waals surface area contributed by atoms with Crippen molar-refractivity contribution in [2.75, 3.05) is 26.2 Å². The van der Waals surface area contributed by atoms with E-state index < -0.39 is 0 Å². The minimum Gasteiger partial charge on any atom is -0.351 e. The van der Waals surface area contributed by atoms with Gasteiger partial charge in [0.2, 0.25) is 5.28 Å². The molecule has 0 unspecified atom stereocenters. The minimum absolute atomic E-state index is 0.113. The number of nitrogens with one attached hydrogen (secondary N) is 1. The average molecular weight is 283 g/mol. The number of carbonyl (C=O) groups excluding carboxylic acids is 1. The van der Waals surface area contributed by atoms with E-state index in [9.17, 15) is 4.79 Å². The Balaban J connectivity index is 1.74. The van der Waals surface area contributed by atoms with Crippen molar-refractivity contribution in [2.24, 2.45) is 0 Å². The molecule has 5 nitrogen and oxygen atoms in total. The summed E-state index contributed by atoms with van der Waals surface area (Å²) in [6.07, 6.45) is 3.56. The molecule has 2 heterocycles. The van der Waals surface area contributed by atoms with Gasteiger partial charge in [-0.1, -0.05) is 0 Å². The molecule has 0 radical (unpaired) electrons. The van der Waals surface area contributed by atoms with Gasteiger partial charge < -0.3 is 10.2 Å². The van der Waals surface area contributed by atoms with Crippen molar-refractivity contribution in [3.05, 3.63) is 22.7 Å². The Morgan fingerprint density at radius 2 is 2.16 bits per heavy atom. The van der Waals surface area contributed by atoms with Crippen molar-refractivity contribution in [1.82, 2.24) is 20.2 Å². The van der Waals surface area contributed by atoms with Crippen LogP contribution in [0.25, 0.3) is 0 Å². The van der Waals surface area contributed by atoms with Crippen LogP contribution in [0.4, 0.5) is 0 Å². The second-order valence-corrected chi connectivity index (χ2v) is 5.16. The maximum atomic E-state index is 11.9. The first kappa shape index (κ1) is 14.2. The smallest absolute Gasteiger partial charge is 0.270 e. The molecule has 1 amide bonds. The highest BCUT2D eigenvalue weighted by Crippen LogP contribution is 2.07. The van der Waals surface area contributed by atoms with Gasteiger partial charge in [-0.2, -0.15) is 0 Å². The second-order valence-electron chi connectivity index (χ2n) is 4.82. The van der Waals surface area contributed by atoms with E-state index in [4.69, 9.17) is 11.6 Å². The lowest BCUT2D eigenvalue weighted by molar-refractivity contribution is 0.0946. The number of hydrogen-bond acceptors (Lipinski definition) is 4. The van der Waals surface area contributed by atoms with Gasteiger partial charge in [0, 0.05) is 12.2 Å². The monoisotopic (exact) mass is 282 g/mol. The Bertz CT molecular complexity index is 426. The van der Waals surface area contributed by atoms with Crippen LogP contribution < -0.4 is 5.32 Å². The van der Waals surface area contributed by atoms with E-state index >= 15 is 0 Å². The van der Waals surface area contributed by atoms with E-state index in [1.54, 1.807) is 13.0 Å². The first-order chi connectivity index (χ1) is 9.15. The predicted molar refractivity (Wildman–Crippen MR) is 74.4 cm³/mol. The maximum Gasteiger partial charge on any atom is 0.270 e. The third-order valence-corrected chi connectivity index (χ3v) is 3.36. The van der Waals surface area contributed by atoms with Crippen LogP contribution in [0, 0.1) is 6.92 Å². The molecule has 1 N–H and O–H groups in total. The lowest BCUT2D eigenvalue weighted by Gasteiger charge is -2.14. The van der Waals surface area contributed by atoms with E-state index in [0.29, 0.717) is 17.9 Å². The van der Waals surface area contributed by atoms with Crippen LogP contribution in [0.1, 0.15) is 35.4 Å². The number of likely N-dealkylation sites (tertiary alicyclic amines) is 1. The predicted octanol–water partition coefficient (Wildman–Crippen LogP) is 1.65. The van der Waals surface area contributed by atoms with Gasteiger partial charge >= 0.3 is 0 Å². The number of rotatable bonds is 5. The van der Waals surface area contributed by atoms with Gasteiger partial charge in [-0.05, 0) is 63.5 Å². The molecular weight excluding hydrogens is 264 g/mol. The van der Waals surface area contributed by atoms with Gasteiger partial charge in [0.25, 0.3) is 5.91 Å². The number of carbonyl (C=O) groups is 1. The average Bonchev–Trinajstić information content (AvgIpc) is 2.86. The zero-order valence-electron chi connectivity index (χ0n) is 11.2. The fraction of sp³-hybridized carbons (Fsp3) is 0.615. The van der Waals surface area contributed by atoms with E-state index in [1.165, 1.54) is 25.9 Å². The van der Waals surface area contributed by atoms with Crippen LogP contribution in [0.2, 0.25) is 5.28 Å². The largest absolute Gasteiger partial charge is 0.351 e. The van der Waals surface area contributed by atoms with Crippen molar-refractivity contribution in [2.45, 2.75) is 26.2 Å². The van der Waals surface area contributed by atoms with Gasteiger partial charge in [-0.25, -0.2) is 9.97 Å². The summed E-state index contributed by atoms with van der Waals surface area (Å²) < 4.78 is 0. The highest BCUT2D eigenvalue weighted by atomic mass is 35.5. The Morgan fingerprint density at radius 1 is 1.42 bits per heavy atom. The number of nitrogens with zero attached hydrogens (tertiary/aromatic N) is 3. The molecule has 104 valence electrons. The Morgan fingerprint density at radius 3 is 2.84 bits per heavy atom. The standard InChI is InChI=1S/C13H19ClN4O/c1-10-9-11(17-13(14)16-10)12(19)15-5-4-8-18-6-2-3-7-18/h9H,2-8H2,1H3,(H,15,19). The van der Waals surface area contributed by atoms with Crippen molar-refractivity contribution in [1.29, 1.82) is 0 Å². The molecular formula is C13H19ClN4O. The van der Waals surface area contributed by atoms with E-state index in [-0.39, 0.29) is 11.2 Å². The molecule has 1 aliphatic heterocycles. The summed E-state index contributed by atoms with van der Waals surface area (Å²) in [7, 11) is 0. The Labute approximate surface area is 118 Å².